The molecule has 0 spiro atoms. The van der Waals surface area contributed by atoms with Gasteiger partial charge in [-0.25, -0.2) is 0 Å². The molecule has 2 aromatic carbocycles. The van der Waals surface area contributed by atoms with Crippen molar-refractivity contribution < 1.29 is 5.11 Å². The molecule has 2 rings (SSSR count). The van der Waals surface area contributed by atoms with Crippen LogP contribution in [0, 0.1) is 0 Å². The Morgan fingerprint density at radius 1 is 1.07 bits per heavy atom. The van der Waals surface area contributed by atoms with E-state index in [4.69, 9.17) is 0 Å². The minimum atomic E-state index is 0.161. The van der Waals surface area contributed by atoms with Gasteiger partial charge in [-0.3, -0.25) is 5.03 Å². The van der Waals surface area contributed by atoms with Crippen molar-refractivity contribution >= 4 is 24.4 Å². The number of hydrogen-bond acceptors (Lipinski definition) is 3. The zero-order chi connectivity index (χ0) is 9.97. The molecule has 0 saturated carbocycles. The first-order chi connectivity index (χ1) is 6.83. The molecule has 4 heteroatoms. The van der Waals surface area contributed by atoms with Crippen LogP contribution in [0.2, 0.25) is 0 Å². The van der Waals surface area contributed by atoms with Gasteiger partial charge in [0.05, 0.1) is 0 Å². The number of phenols is 1. The molecule has 68 valence electrons. The molecule has 1 N–H and O–H groups in total. The fourth-order valence-electron chi connectivity index (χ4n) is 1.45. The second-order valence-electron chi connectivity index (χ2n) is 2.95. The summed E-state index contributed by atoms with van der Waals surface area (Å²) < 4.78 is 0. The van der Waals surface area contributed by atoms with Crippen LogP contribution in [0.5, 0.6) is 5.75 Å². The SMILES string of the molecule is BN=Nc1c(O)ccc2ccccc12. The third-order valence-corrected chi connectivity index (χ3v) is 2.08. The molecule has 0 amide bonds. The average molecular weight is 184 g/mol. The average Bonchev–Trinajstić information content (AvgIpc) is 2.23. The van der Waals surface area contributed by atoms with Gasteiger partial charge in [-0.1, -0.05) is 30.3 Å². The molecule has 0 heterocycles. The Kier molecular flexibility index (Phi) is 2.19. The Balaban J connectivity index is 2.82. The van der Waals surface area contributed by atoms with Gasteiger partial charge >= 0.3 is 0 Å². The molecule has 0 aliphatic rings. The number of benzene rings is 2. The minimum Gasteiger partial charge on any atom is -0.506 e. The fourth-order valence-corrected chi connectivity index (χ4v) is 1.45. The van der Waals surface area contributed by atoms with Crippen molar-refractivity contribution in [3.63, 3.8) is 0 Å². The van der Waals surface area contributed by atoms with Gasteiger partial charge in [0.15, 0.2) is 0 Å². The lowest BCUT2D eigenvalue weighted by Gasteiger charge is -2.02. The summed E-state index contributed by atoms with van der Waals surface area (Å²) in [6.45, 7) is 0. The second kappa shape index (κ2) is 3.50. The second-order valence-corrected chi connectivity index (χ2v) is 2.95. The van der Waals surface area contributed by atoms with Crippen LogP contribution in [0.1, 0.15) is 0 Å². The normalized spacial score (nSPS) is 11.1. The van der Waals surface area contributed by atoms with Gasteiger partial charge < -0.3 is 5.11 Å². The topological polar surface area (TPSA) is 45.0 Å². The van der Waals surface area contributed by atoms with Crippen molar-refractivity contribution in [2.24, 2.45) is 10.1 Å². The van der Waals surface area contributed by atoms with Crippen LogP contribution in [-0.2, 0) is 0 Å². The van der Waals surface area contributed by atoms with Crippen LogP contribution in [-0.4, -0.2) is 13.1 Å². The van der Waals surface area contributed by atoms with Gasteiger partial charge in [-0.2, -0.15) is 5.11 Å². The van der Waals surface area contributed by atoms with E-state index < -0.39 is 0 Å². The van der Waals surface area contributed by atoms with E-state index >= 15 is 0 Å². The third kappa shape index (κ3) is 1.35. The molecular formula is C10H9BN2O. The molecule has 3 nitrogen and oxygen atoms in total. The number of aromatic hydroxyl groups is 1. The number of nitrogens with zero attached hydrogens (tertiary/aromatic N) is 2. The van der Waals surface area contributed by atoms with Crippen LogP contribution in [0.3, 0.4) is 0 Å². The Hall–Kier alpha value is -1.84. The van der Waals surface area contributed by atoms with E-state index in [9.17, 15) is 5.11 Å². The van der Waals surface area contributed by atoms with Gasteiger partial charge in [0, 0.05) is 5.39 Å². The lowest BCUT2D eigenvalue weighted by Crippen LogP contribution is -1.74. The van der Waals surface area contributed by atoms with E-state index in [0.717, 1.165) is 10.8 Å². The predicted molar refractivity (Wildman–Crippen MR) is 58.7 cm³/mol. The van der Waals surface area contributed by atoms with Gasteiger partial charge in [0.25, 0.3) is 7.98 Å². The molecule has 2 aromatic rings. The maximum Gasteiger partial charge on any atom is 0.273 e. The highest BCUT2D eigenvalue weighted by atomic mass is 16.3. The molecular weight excluding hydrogens is 175 g/mol. The lowest BCUT2D eigenvalue weighted by molar-refractivity contribution is 0.477. The minimum absolute atomic E-state index is 0.161. The highest BCUT2D eigenvalue weighted by Crippen LogP contribution is 2.34. The summed E-state index contributed by atoms with van der Waals surface area (Å²) >= 11 is 0. The maximum absolute atomic E-state index is 9.59. The number of fused-ring (bicyclic) bond motifs is 1. The summed E-state index contributed by atoms with van der Waals surface area (Å²) in [5.74, 6) is 0.161. The van der Waals surface area contributed by atoms with Gasteiger partial charge in [0.1, 0.15) is 11.4 Å². The fraction of sp³-hybridized carbons (Fsp3) is 0. The van der Waals surface area contributed by atoms with Crippen molar-refractivity contribution in [3.8, 4) is 5.75 Å². The van der Waals surface area contributed by atoms with E-state index in [2.05, 4.69) is 10.1 Å². The lowest BCUT2D eigenvalue weighted by atomic mass is 10.1. The van der Waals surface area contributed by atoms with Crippen molar-refractivity contribution in [2.75, 3.05) is 0 Å². The molecule has 0 aromatic heterocycles. The van der Waals surface area contributed by atoms with E-state index in [1.165, 1.54) is 0 Å². The molecule has 0 radical (unpaired) electrons. The molecule has 0 atom stereocenters. The zero-order valence-electron chi connectivity index (χ0n) is 7.81. The standard InChI is InChI=1S/C10H9BN2O/c11-13-12-10-8-4-2-1-3-7(8)5-6-9(10)14/h1-6,14H,11H2. The Morgan fingerprint density at radius 3 is 2.64 bits per heavy atom. The molecule has 0 aliphatic heterocycles. The Bertz CT molecular complexity index is 496. The first-order valence-electron chi connectivity index (χ1n) is 4.33. The first-order valence-corrected chi connectivity index (χ1v) is 4.33. The number of rotatable bonds is 1. The van der Waals surface area contributed by atoms with Crippen LogP contribution in [0.25, 0.3) is 10.8 Å². The van der Waals surface area contributed by atoms with Gasteiger partial charge in [-0.15, -0.1) is 0 Å². The highest BCUT2D eigenvalue weighted by molar-refractivity contribution is 6.05. The van der Waals surface area contributed by atoms with E-state index in [0.29, 0.717) is 5.69 Å². The van der Waals surface area contributed by atoms with Crippen LogP contribution in [0.4, 0.5) is 5.69 Å². The summed E-state index contributed by atoms with van der Waals surface area (Å²) in [5.41, 5.74) is 0.533. The Morgan fingerprint density at radius 2 is 1.86 bits per heavy atom. The monoisotopic (exact) mass is 184 g/mol. The van der Waals surface area contributed by atoms with Crippen LogP contribution >= 0.6 is 0 Å². The van der Waals surface area contributed by atoms with Crippen LogP contribution in [0.15, 0.2) is 46.5 Å². The molecule has 0 aliphatic carbocycles. The quantitative estimate of drug-likeness (QED) is 0.535. The predicted octanol–water partition coefficient (Wildman–Crippen LogP) is 2.18. The van der Waals surface area contributed by atoms with Crippen molar-refractivity contribution in [2.45, 2.75) is 0 Å². The van der Waals surface area contributed by atoms with E-state index in [1.54, 1.807) is 14.0 Å². The van der Waals surface area contributed by atoms with Crippen LogP contribution < -0.4 is 0 Å². The molecule has 0 saturated heterocycles. The molecule has 0 bridgehead atoms. The van der Waals surface area contributed by atoms with Crippen molar-refractivity contribution in [3.05, 3.63) is 36.4 Å². The first kappa shape index (κ1) is 8.75. The summed E-state index contributed by atoms with van der Waals surface area (Å²) in [7, 11) is 1.58. The van der Waals surface area contributed by atoms with Gasteiger partial charge in [-0.05, 0) is 11.5 Å². The molecule has 14 heavy (non-hydrogen) atoms. The van der Waals surface area contributed by atoms with E-state index in [1.807, 2.05) is 30.3 Å². The van der Waals surface area contributed by atoms with E-state index in [-0.39, 0.29) is 5.75 Å². The number of hydrogen-bond donors (Lipinski definition) is 1. The Labute approximate surface area is 82.5 Å². The summed E-state index contributed by atoms with van der Waals surface area (Å²) in [6, 6.07) is 11.2. The third-order valence-electron chi connectivity index (χ3n) is 2.08. The number of phenolic OH excluding ortho intramolecular Hbond substituents is 1. The maximum atomic E-state index is 9.59. The molecule has 0 fully saturated rings. The summed E-state index contributed by atoms with van der Waals surface area (Å²) in [6.07, 6.45) is 0. The zero-order valence-corrected chi connectivity index (χ0v) is 7.81. The largest absolute Gasteiger partial charge is 0.506 e. The molecule has 0 unspecified atom stereocenters. The summed E-state index contributed by atoms with van der Waals surface area (Å²) in [5, 5.41) is 19.1. The smallest absolute Gasteiger partial charge is 0.273 e. The van der Waals surface area contributed by atoms with Crippen molar-refractivity contribution in [1.29, 1.82) is 0 Å². The van der Waals surface area contributed by atoms with Crippen molar-refractivity contribution in [1.82, 2.24) is 0 Å². The summed E-state index contributed by atoms with van der Waals surface area (Å²) in [4.78, 5) is 0. The highest BCUT2D eigenvalue weighted by Gasteiger charge is 2.04. The van der Waals surface area contributed by atoms with Gasteiger partial charge in [0.2, 0.25) is 0 Å².